The molecule has 4 nitrogen and oxygen atoms in total. The Morgan fingerprint density at radius 3 is 2.76 bits per heavy atom. The van der Waals surface area contributed by atoms with Crippen molar-refractivity contribution in [3.63, 3.8) is 0 Å². The number of aromatic nitrogens is 2. The molecule has 1 atom stereocenters. The van der Waals surface area contributed by atoms with Crippen molar-refractivity contribution >= 4 is 5.97 Å². The second kappa shape index (κ2) is 4.82. The van der Waals surface area contributed by atoms with E-state index in [4.69, 9.17) is 5.11 Å². The normalized spacial score (nSPS) is 12.3. The number of hydrogen-bond acceptors (Lipinski definition) is 2. The molecule has 0 bridgehead atoms. The van der Waals surface area contributed by atoms with E-state index in [2.05, 4.69) is 10.2 Å². The van der Waals surface area contributed by atoms with Gasteiger partial charge in [-0.25, -0.2) is 0 Å². The number of carboxylic acids is 1. The van der Waals surface area contributed by atoms with Crippen molar-refractivity contribution in [2.24, 2.45) is 0 Å². The highest BCUT2D eigenvalue weighted by Crippen LogP contribution is 2.28. The lowest BCUT2D eigenvalue weighted by Crippen LogP contribution is -2.03. The zero-order chi connectivity index (χ0) is 12.3. The molecule has 4 heteroatoms. The summed E-state index contributed by atoms with van der Waals surface area (Å²) < 4.78 is 0. The maximum atomic E-state index is 10.7. The summed E-state index contributed by atoms with van der Waals surface area (Å²) in [5.41, 5.74) is 2.87. The van der Waals surface area contributed by atoms with E-state index >= 15 is 0 Å². The molecule has 0 radical (unpaired) electrons. The lowest BCUT2D eigenvalue weighted by molar-refractivity contribution is -0.137. The number of hydrogen-bond donors (Lipinski definition) is 2. The van der Waals surface area contributed by atoms with Crippen LogP contribution in [0.2, 0.25) is 0 Å². The second-order valence-corrected chi connectivity index (χ2v) is 4.07. The third-order valence-electron chi connectivity index (χ3n) is 2.74. The van der Waals surface area contributed by atoms with Gasteiger partial charge in [-0.15, -0.1) is 0 Å². The van der Waals surface area contributed by atoms with Crippen LogP contribution in [0.25, 0.3) is 11.3 Å². The summed E-state index contributed by atoms with van der Waals surface area (Å²) in [5.74, 6) is -0.848. The molecule has 2 aromatic rings. The number of benzene rings is 1. The van der Waals surface area contributed by atoms with Crippen LogP contribution in [0.3, 0.4) is 0 Å². The fourth-order valence-electron chi connectivity index (χ4n) is 1.88. The van der Waals surface area contributed by atoms with E-state index in [9.17, 15) is 4.79 Å². The molecule has 0 saturated heterocycles. The Morgan fingerprint density at radius 2 is 2.12 bits per heavy atom. The molecule has 88 valence electrons. The van der Waals surface area contributed by atoms with E-state index in [1.165, 1.54) is 0 Å². The summed E-state index contributed by atoms with van der Waals surface area (Å²) in [4.78, 5) is 10.7. The topological polar surface area (TPSA) is 66.0 Å². The predicted octanol–water partition coefficient (Wildman–Crippen LogP) is 2.65. The number of carbonyl (C=O) groups is 1. The molecular weight excluding hydrogens is 216 g/mol. The number of rotatable bonds is 4. The van der Waals surface area contributed by atoms with E-state index in [0.717, 1.165) is 16.8 Å². The number of aromatic amines is 1. The van der Waals surface area contributed by atoms with E-state index < -0.39 is 5.97 Å². The van der Waals surface area contributed by atoms with Gasteiger partial charge in [0.15, 0.2) is 0 Å². The van der Waals surface area contributed by atoms with Gasteiger partial charge in [-0.2, -0.15) is 5.10 Å². The lowest BCUT2D eigenvalue weighted by Gasteiger charge is -2.09. The van der Waals surface area contributed by atoms with Crippen LogP contribution in [0.4, 0.5) is 0 Å². The highest BCUT2D eigenvalue weighted by Gasteiger charge is 2.16. The molecule has 2 N–H and O–H groups in total. The number of nitrogens with one attached hydrogen (secondary N) is 1. The molecule has 17 heavy (non-hydrogen) atoms. The number of nitrogens with zero attached hydrogens (tertiary/aromatic N) is 1. The van der Waals surface area contributed by atoms with Crippen LogP contribution in [0, 0.1) is 0 Å². The molecule has 1 aromatic carbocycles. The van der Waals surface area contributed by atoms with Gasteiger partial charge in [-0.05, 0) is 11.5 Å². The smallest absolute Gasteiger partial charge is 0.303 e. The van der Waals surface area contributed by atoms with E-state index in [1.807, 2.05) is 37.3 Å². The fourth-order valence-corrected chi connectivity index (χ4v) is 1.88. The lowest BCUT2D eigenvalue weighted by atomic mass is 9.95. The van der Waals surface area contributed by atoms with Gasteiger partial charge in [0.05, 0.1) is 18.3 Å². The van der Waals surface area contributed by atoms with Gasteiger partial charge in [-0.3, -0.25) is 9.89 Å². The Bertz CT molecular complexity index is 505. The van der Waals surface area contributed by atoms with E-state index in [0.29, 0.717) is 0 Å². The van der Waals surface area contributed by atoms with Gasteiger partial charge in [-0.1, -0.05) is 37.3 Å². The van der Waals surface area contributed by atoms with Crippen LogP contribution in [0.15, 0.2) is 36.5 Å². The third kappa shape index (κ3) is 2.53. The van der Waals surface area contributed by atoms with Crippen LogP contribution >= 0.6 is 0 Å². The van der Waals surface area contributed by atoms with E-state index in [-0.39, 0.29) is 12.3 Å². The molecule has 2 rings (SSSR count). The van der Waals surface area contributed by atoms with Crippen molar-refractivity contribution in [3.05, 3.63) is 42.1 Å². The van der Waals surface area contributed by atoms with Gasteiger partial charge in [0.1, 0.15) is 0 Å². The minimum Gasteiger partial charge on any atom is -0.481 e. The highest BCUT2D eigenvalue weighted by molar-refractivity contribution is 5.70. The first-order valence-corrected chi connectivity index (χ1v) is 5.49. The minimum absolute atomic E-state index is 0.0542. The van der Waals surface area contributed by atoms with Crippen molar-refractivity contribution < 1.29 is 9.90 Å². The van der Waals surface area contributed by atoms with E-state index in [1.54, 1.807) is 6.20 Å². The summed E-state index contributed by atoms with van der Waals surface area (Å²) in [6.45, 7) is 1.89. The van der Waals surface area contributed by atoms with Crippen LogP contribution in [0.1, 0.15) is 24.8 Å². The molecule has 1 heterocycles. The van der Waals surface area contributed by atoms with Crippen LogP contribution in [-0.2, 0) is 4.79 Å². The molecule has 0 aliphatic carbocycles. The van der Waals surface area contributed by atoms with Gasteiger partial charge in [0.25, 0.3) is 0 Å². The Hall–Kier alpha value is -2.10. The number of aliphatic carboxylic acids is 1. The Labute approximate surface area is 99.3 Å². The van der Waals surface area contributed by atoms with Crippen LogP contribution < -0.4 is 0 Å². The molecule has 1 aromatic heterocycles. The summed E-state index contributed by atoms with van der Waals surface area (Å²) in [6.07, 6.45) is 1.81. The largest absolute Gasteiger partial charge is 0.481 e. The molecule has 0 amide bonds. The average Bonchev–Trinajstić information content (AvgIpc) is 2.78. The monoisotopic (exact) mass is 230 g/mol. The molecule has 0 aliphatic rings. The maximum Gasteiger partial charge on any atom is 0.303 e. The quantitative estimate of drug-likeness (QED) is 0.848. The highest BCUT2D eigenvalue weighted by atomic mass is 16.4. The SMILES string of the molecule is CC(CC(=O)O)c1cn[nH]c1-c1ccccc1. The van der Waals surface area contributed by atoms with Crippen molar-refractivity contribution in [2.45, 2.75) is 19.3 Å². The molecule has 1 unspecified atom stereocenters. The summed E-state index contributed by atoms with van der Waals surface area (Å²) in [6, 6.07) is 9.79. The first kappa shape index (κ1) is 11.4. The van der Waals surface area contributed by atoms with Gasteiger partial charge in [0, 0.05) is 5.56 Å². The number of carboxylic acid groups (broad SMARTS) is 1. The molecule has 0 aliphatic heterocycles. The molecular formula is C13H14N2O2. The van der Waals surface area contributed by atoms with Gasteiger partial charge < -0.3 is 5.11 Å². The van der Waals surface area contributed by atoms with Crippen LogP contribution in [0.5, 0.6) is 0 Å². The van der Waals surface area contributed by atoms with Crippen molar-refractivity contribution in [1.82, 2.24) is 10.2 Å². The molecule has 0 spiro atoms. The predicted molar refractivity (Wildman–Crippen MR) is 64.7 cm³/mol. The maximum absolute atomic E-state index is 10.7. The van der Waals surface area contributed by atoms with Crippen molar-refractivity contribution in [2.75, 3.05) is 0 Å². The van der Waals surface area contributed by atoms with Gasteiger partial charge in [0.2, 0.25) is 0 Å². The van der Waals surface area contributed by atoms with Gasteiger partial charge >= 0.3 is 5.97 Å². The third-order valence-corrected chi connectivity index (χ3v) is 2.74. The first-order chi connectivity index (χ1) is 8.18. The molecule has 0 fully saturated rings. The summed E-state index contributed by atoms with van der Waals surface area (Å²) >= 11 is 0. The summed E-state index contributed by atoms with van der Waals surface area (Å²) in [7, 11) is 0. The van der Waals surface area contributed by atoms with Crippen molar-refractivity contribution in [1.29, 1.82) is 0 Å². The minimum atomic E-state index is -0.794. The Morgan fingerprint density at radius 1 is 1.41 bits per heavy atom. The van der Waals surface area contributed by atoms with Crippen LogP contribution in [-0.4, -0.2) is 21.3 Å². The summed E-state index contributed by atoms with van der Waals surface area (Å²) in [5, 5.41) is 15.8. The zero-order valence-electron chi connectivity index (χ0n) is 9.55. The fraction of sp³-hybridized carbons (Fsp3) is 0.231. The van der Waals surface area contributed by atoms with Crippen molar-refractivity contribution in [3.8, 4) is 11.3 Å². The zero-order valence-corrected chi connectivity index (χ0v) is 9.55. The second-order valence-electron chi connectivity index (χ2n) is 4.07. The standard InChI is InChI=1S/C13H14N2O2/c1-9(7-12(16)17)11-8-14-15-13(11)10-5-3-2-4-6-10/h2-6,8-9H,7H2,1H3,(H,14,15)(H,16,17). The molecule has 0 saturated carbocycles. The first-order valence-electron chi connectivity index (χ1n) is 5.49. The number of H-pyrrole nitrogens is 1. The Kier molecular flexibility index (Phi) is 3.23. The average molecular weight is 230 g/mol. The Balaban J connectivity index is 2.32.